The van der Waals surface area contributed by atoms with Gasteiger partial charge in [0.1, 0.15) is 17.7 Å². The summed E-state index contributed by atoms with van der Waals surface area (Å²) in [6, 6.07) is 2.72. The van der Waals surface area contributed by atoms with Crippen molar-refractivity contribution in [1.82, 2.24) is 14.9 Å². The summed E-state index contributed by atoms with van der Waals surface area (Å²) >= 11 is 0. The van der Waals surface area contributed by atoms with Gasteiger partial charge in [0.2, 0.25) is 0 Å². The largest absolute Gasteiger partial charge is 0.381 e. The standard InChI is InChI=1S/C18H28N4O3/c1-14-19-16(12-18(20-14)21-4-9-24-10-5-21)17-13-22(6-11-25-17)15-2-7-23-8-3-15/h12,15,17H,2-11,13H2,1H3/t17-/m1/s1. The Morgan fingerprint density at radius 2 is 1.72 bits per heavy atom. The van der Waals surface area contributed by atoms with E-state index in [1.807, 2.05) is 6.92 Å². The van der Waals surface area contributed by atoms with Crippen molar-refractivity contribution in [1.29, 1.82) is 0 Å². The fourth-order valence-corrected chi connectivity index (χ4v) is 3.92. The number of anilines is 1. The number of rotatable bonds is 3. The van der Waals surface area contributed by atoms with E-state index in [-0.39, 0.29) is 6.10 Å². The van der Waals surface area contributed by atoms with Gasteiger partial charge < -0.3 is 19.1 Å². The average molecular weight is 348 g/mol. The van der Waals surface area contributed by atoms with Crippen molar-refractivity contribution in [2.75, 3.05) is 64.1 Å². The van der Waals surface area contributed by atoms with E-state index in [2.05, 4.69) is 25.8 Å². The molecule has 4 rings (SSSR count). The Morgan fingerprint density at radius 1 is 0.960 bits per heavy atom. The minimum atomic E-state index is 0.0260. The second-order valence-corrected chi connectivity index (χ2v) is 7.00. The van der Waals surface area contributed by atoms with Crippen LogP contribution in [0.25, 0.3) is 0 Å². The Morgan fingerprint density at radius 3 is 2.52 bits per heavy atom. The summed E-state index contributed by atoms with van der Waals surface area (Å²) in [5.41, 5.74) is 1.01. The highest BCUT2D eigenvalue weighted by Gasteiger charge is 2.30. The lowest BCUT2D eigenvalue weighted by Gasteiger charge is -2.39. The van der Waals surface area contributed by atoms with Gasteiger partial charge in [-0.25, -0.2) is 9.97 Å². The van der Waals surface area contributed by atoms with Crippen LogP contribution in [-0.2, 0) is 14.2 Å². The summed E-state index contributed by atoms with van der Waals surface area (Å²) in [5, 5.41) is 0. The Kier molecular flexibility index (Phi) is 5.45. The van der Waals surface area contributed by atoms with Gasteiger partial charge in [0, 0.05) is 51.5 Å². The zero-order valence-corrected chi connectivity index (χ0v) is 15.0. The molecule has 1 aromatic heterocycles. The number of morpholine rings is 2. The first kappa shape index (κ1) is 17.1. The van der Waals surface area contributed by atoms with Gasteiger partial charge in [-0.05, 0) is 19.8 Å². The van der Waals surface area contributed by atoms with Crippen LogP contribution < -0.4 is 4.90 Å². The first-order valence-corrected chi connectivity index (χ1v) is 9.41. The molecule has 0 radical (unpaired) electrons. The number of ether oxygens (including phenoxy) is 3. The maximum absolute atomic E-state index is 6.08. The molecule has 3 saturated heterocycles. The Hall–Kier alpha value is -1.28. The van der Waals surface area contributed by atoms with Crippen LogP contribution in [0.2, 0.25) is 0 Å². The summed E-state index contributed by atoms with van der Waals surface area (Å²) in [5.74, 6) is 1.81. The summed E-state index contributed by atoms with van der Waals surface area (Å²) in [6.45, 7) is 9.67. The van der Waals surface area contributed by atoms with E-state index in [0.29, 0.717) is 6.04 Å². The lowest BCUT2D eigenvalue weighted by Crippen LogP contribution is -2.47. The van der Waals surface area contributed by atoms with Crippen LogP contribution in [-0.4, -0.2) is 80.1 Å². The third-order valence-corrected chi connectivity index (χ3v) is 5.31. The topological polar surface area (TPSA) is 60.0 Å². The van der Waals surface area contributed by atoms with Crippen LogP contribution >= 0.6 is 0 Å². The Bertz CT molecular complexity index is 573. The van der Waals surface area contributed by atoms with Crippen molar-refractivity contribution in [3.8, 4) is 0 Å². The minimum absolute atomic E-state index is 0.0260. The monoisotopic (exact) mass is 348 g/mol. The van der Waals surface area contributed by atoms with Crippen LogP contribution in [0.3, 0.4) is 0 Å². The van der Waals surface area contributed by atoms with Crippen LogP contribution in [0.1, 0.15) is 30.5 Å². The van der Waals surface area contributed by atoms with Crippen molar-refractivity contribution in [3.05, 3.63) is 17.6 Å². The summed E-state index contributed by atoms with van der Waals surface area (Å²) in [4.78, 5) is 14.2. The van der Waals surface area contributed by atoms with Gasteiger partial charge in [0.25, 0.3) is 0 Å². The third-order valence-electron chi connectivity index (χ3n) is 5.31. The summed E-state index contributed by atoms with van der Waals surface area (Å²) in [7, 11) is 0. The van der Waals surface area contributed by atoms with Crippen LogP contribution in [0.5, 0.6) is 0 Å². The summed E-state index contributed by atoms with van der Waals surface area (Å²) in [6.07, 6.45) is 2.27. The van der Waals surface area contributed by atoms with Gasteiger partial charge in [-0.15, -0.1) is 0 Å². The molecule has 7 heteroatoms. The molecule has 0 N–H and O–H groups in total. The molecule has 0 unspecified atom stereocenters. The quantitative estimate of drug-likeness (QED) is 0.813. The predicted octanol–water partition coefficient (Wildman–Crippen LogP) is 1.17. The van der Waals surface area contributed by atoms with Crippen LogP contribution in [0.4, 0.5) is 5.82 Å². The van der Waals surface area contributed by atoms with E-state index >= 15 is 0 Å². The fourth-order valence-electron chi connectivity index (χ4n) is 3.92. The molecular formula is C18H28N4O3. The molecular weight excluding hydrogens is 320 g/mol. The molecule has 25 heavy (non-hydrogen) atoms. The second kappa shape index (κ2) is 7.95. The second-order valence-electron chi connectivity index (χ2n) is 7.00. The van der Waals surface area contributed by atoms with Crippen molar-refractivity contribution < 1.29 is 14.2 Å². The lowest BCUT2D eigenvalue weighted by molar-refractivity contribution is -0.0647. The normalized spacial score (nSPS) is 26.8. The first-order valence-electron chi connectivity index (χ1n) is 9.41. The molecule has 0 amide bonds. The minimum Gasteiger partial charge on any atom is -0.381 e. The fraction of sp³-hybridized carbons (Fsp3) is 0.778. The summed E-state index contributed by atoms with van der Waals surface area (Å²) < 4.78 is 17.0. The maximum atomic E-state index is 6.08. The number of aryl methyl sites for hydroxylation is 1. The Labute approximate surface area is 149 Å². The van der Waals surface area contributed by atoms with E-state index in [0.717, 1.165) is 89.4 Å². The number of hydrogen-bond donors (Lipinski definition) is 0. The predicted molar refractivity (Wildman–Crippen MR) is 93.9 cm³/mol. The number of nitrogens with zero attached hydrogens (tertiary/aromatic N) is 4. The molecule has 1 aromatic rings. The Balaban J connectivity index is 1.49. The van der Waals surface area contributed by atoms with Crippen LogP contribution in [0, 0.1) is 6.92 Å². The van der Waals surface area contributed by atoms with E-state index in [4.69, 9.17) is 14.2 Å². The molecule has 0 saturated carbocycles. The smallest absolute Gasteiger partial charge is 0.132 e. The highest BCUT2D eigenvalue weighted by molar-refractivity contribution is 5.41. The van der Waals surface area contributed by atoms with Gasteiger partial charge in [-0.1, -0.05) is 0 Å². The molecule has 0 aliphatic carbocycles. The van der Waals surface area contributed by atoms with E-state index in [1.54, 1.807) is 0 Å². The van der Waals surface area contributed by atoms with Crippen LogP contribution in [0.15, 0.2) is 6.07 Å². The highest BCUT2D eigenvalue weighted by atomic mass is 16.5. The average Bonchev–Trinajstić information content (AvgIpc) is 2.69. The highest BCUT2D eigenvalue weighted by Crippen LogP contribution is 2.27. The molecule has 0 spiro atoms. The number of hydrogen-bond acceptors (Lipinski definition) is 7. The first-order chi connectivity index (χ1) is 12.3. The van der Waals surface area contributed by atoms with Gasteiger partial charge >= 0.3 is 0 Å². The maximum Gasteiger partial charge on any atom is 0.132 e. The van der Waals surface area contributed by atoms with E-state index in [9.17, 15) is 0 Å². The third kappa shape index (κ3) is 4.11. The van der Waals surface area contributed by atoms with Crippen molar-refractivity contribution in [2.45, 2.75) is 31.9 Å². The molecule has 0 aromatic carbocycles. The van der Waals surface area contributed by atoms with Crippen molar-refractivity contribution in [3.63, 3.8) is 0 Å². The molecule has 1 atom stereocenters. The van der Waals surface area contributed by atoms with Gasteiger partial charge in [-0.2, -0.15) is 0 Å². The number of aromatic nitrogens is 2. The zero-order chi connectivity index (χ0) is 17.1. The van der Waals surface area contributed by atoms with Gasteiger partial charge in [0.15, 0.2) is 0 Å². The van der Waals surface area contributed by atoms with Crippen molar-refractivity contribution >= 4 is 5.82 Å². The SMILES string of the molecule is Cc1nc([C@H]2CN(C3CCOCC3)CCO2)cc(N2CCOCC2)n1. The molecule has 3 fully saturated rings. The van der Waals surface area contributed by atoms with Gasteiger partial charge in [0.05, 0.1) is 25.5 Å². The molecule has 3 aliphatic rings. The van der Waals surface area contributed by atoms with Gasteiger partial charge in [-0.3, -0.25) is 4.90 Å². The molecule has 0 bridgehead atoms. The molecule has 4 heterocycles. The molecule has 7 nitrogen and oxygen atoms in total. The lowest BCUT2D eigenvalue weighted by atomic mass is 10.0. The van der Waals surface area contributed by atoms with E-state index < -0.39 is 0 Å². The zero-order valence-electron chi connectivity index (χ0n) is 15.0. The molecule has 138 valence electrons. The van der Waals surface area contributed by atoms with E-state index in [1.165, 1.54) is 0 Å². The van der Waals surface area contributed by atoms with Crippen molar-refractivity contribution in [2.24, 2.45) is 0 Å². The molecule has 3 aliphatic heterocycles.